The number of hydrogen-bond acceptors (Lipinski definition) is 5. The fraction of sp³-hybridized carbons (Fsp3) is 0.316. The van der Waals surface area contributed by atoms with Crippen LogP contribution in [0.3, 0.4) is 0 Å². The SMILES string of the molecule is O=C1NC(=O)N(CCc2ccccc2)C(=O)[C@@H]1C=NCCCn1ccnc1. The van der Waals surface area contributed by atoms with E-state index in [2.05, 4.69) is 15.3 Å². The third kappa shape index (κ3) is 4.87. The number of rotatable bonds is 8. The highest BCUT2D eigenvalue weighted by molar-refractivity contribution is 6.23. The number of carbonyl (C=O) groups is 3. The van der Waals surface area contributed by atoms with Gasteiger partial charge >= 0.3 is 6.03 Å². The van der Waals surface area contributed by atoms with E-state index in [4.69, 9.17) is 0 Å². The highest BCUT2D eigenvalue weighted by Gasteiger charge is 2.39. The smallest absolute Gasteiger partial charge is 0.330 e. The Morgan fingerprint density at radius 1 is 1.15 bits per heavy atom. The van der Waals surface area contributed by atoms with Gasteiger partial charge in [0.1, 0.15) is 0 Å². The van der Waals surface area contributed by atoms with Crippen LogP contribution in [-0.2, 0) is 22.6 Å². The maximum absolute atomic E-state index is 12.6. The summed E-state index contributed by atoms with van der Waals surface area (Å²) in [6, 6.07) is 8.88. The molecule has 8 nitrogen and oxygen atoms in total. The highest BCUT2D eigenvalue weighted by Crippen LogP contribution is 2.11. The Hall–Kier alpha value is -3.29. The normalized spacial score (nSPS) is 17.6. The molecule has 2 aromatic rings. The highest BCUT2D eigenvalue weighted by atomic mass is 16.2. The number of aryl methyl sites for hydroxylation is 1. The molecule has 0 saturated carbocycles. The minimum absolute atomic E-state index is 0.215. The van der Waals surface area contributed by atoms with Crippen molar-refractivity contribution < 1.29 is 14.4 Å². The maximum atomic E-state index is 12.6. The van der Waals surface area contributed by atoms with Gasteiger partial charge in [-0.05, 0) is 18.4 Å². The Morgan fingerprint density at radius 3 is 2.70 bits per heavy atom. The Morgan fingerprint density at radius 2 is 1.96 bits per heavy atom. The van der Waals surface area contributed by atoms with Crippen LogP contribution < -0.4 is 5.32 Å². The number of carbonyl (C=O) groups excluding carboxylic acids is 3. The third-order valence-electron chi connectivity index (χ3n) is 4.27. The van der Waals surface area contributed by atoms with E-state index < -0.39 is 23.8 Å². The number of nitrogens with one attached hydrogen (secondary N) is 1. The number of barbiturate groups is 1. The summed E-state index contributed by atoms with van der Waals surface area (Å²) >= 11 is 0. The van der Waals surface area contributed by atoms with E-state index in [1.165, 1.54) is 6.21 Å². The number of benzene rings is 1. The van der Waals surface area contributed by atoms with Crippen molar-refractivity contribution in [3.05, 3.63) is 54.6 Å². The first-order valence-electron chi connectivity index (χ1n) is 8.81. The molecule has 1 N–H and O–H groups in total. The lowest BCUT2D eigenvalue weighted by molar-refractivity contribution is -0.139. The van der Waals surface area contributed by atoms with Crippen LogP contribution >= 0.6 is 0 Å². The zero-order valence-electron chi connectivity index (χ0n) is 14.8. The molecule has 8 heteroatoms. The average Bonchev–Trinajstić information content (AvgIpc) is 3.18. The van der Waals surface area contributed by atoms with Crippen LogP contribution in [0.5, 0.6) is 0 Å². The van der Waals surface area contributed by atoms with Crippen molar-refractivity contribution in [3.8, 4) is 0 Å². The third-order valence-corrected chi connectivity index (χ3v) is 4.27. The number of amides is 4. The Bertz CT molecular complexity index is 817. The molecule has 140 valence electrons. The van der Waals surface area contributed by atoms with Gasteiger partial charge in [-0.25, -0.2) is 9.78 Å². The summed E-state index contributed by atoms with van der Waals surface area (Å²) in [5.74, 6) is -2.22. The molecule has 1 aromatic heterocycles. The van der Waals surface area contributed by atoms with Crippen molar-refractivity contribution in [1.82, 2.24) is 19.8 Å². The van der Waals surface area contributed by atoms with E-state index >= 15 is 0 Å². The molecule has 0 radical (unpaired) electrons. The molecule has 1 saturated heterocycles. The van der Waals surface area contributed by atoms with Gasteiger partial charge in [0.2, 0.25) is 11.8 Å². The second-order valence-corrected chi connectivity index (χ2v) is 6.21. The van der Waals surface area contributed by atoms with Crippen LogP contribution in [0.1, 0.15) is 12.0 Å². The largest absolute Gasteiger partial charge is 0.337 e. The number of hydrogen-bond donors (Lipinski definition) is 1. The van der Waals surface area contributed by atoms with Gasteiger partial charge in [-0.2, -0.15) is 0 Å². The van der Waals surface area contributed by atoms with E-state index in [1.54, 1.807) is 12.5 Å². The molecule has 0 aliphatic carbocycles. The van der Waals surface area contributed by atoms with Gasteiger partial charge in [0, 0.05) is 38.2 Å². The molecule has 0 bridgehead atoms. The maximum Gasteiger partial charge on any atom is 0.330 e. The molecule has 1 aromatic carbocycles. The minimum atomic E-state index is -1.06. The van der Waals surface area contributed by atoms with Crippen molar-refractivity contribution in [2.75, 3.05) is 13.1 Å². The summed E-state index contributed by atoms with van der Waals surface area (Å²) in [6.45, 7) is 1.45. The Labute approximate surface area is 156 Å². The summed E-state index contributed by atoms with van der Waals surface area (Å²) in [6.07, 6.45) is 7.91. The number of aromatic nitrogens is 2. The predicted octanol–water partition coefficient (Wildman–Crippen LogP) is 1.28. The van der Waals surface area contributed by atoms with E-state index in [1.807, 2.05) is 41.1 Å². The molecule has 1 aliphatic heterocycles. The van der Waals surface area contributed by atoms with Crippen LogP contribution in [0.2, 0.25) is 0 Å². The molecular weight excluding hydrogens is 346 g/mol. The van der Waals surface area contributed by atoms with Crippen LogP contribution in [0.15, 0.2) is 54.0 Å². The second-order valence-electron chi connectivity index (χ2n) is 6.21. The minimum Gasteiger partial charge on any atom is -0.337 e. The molecule has 27 heavy (non-hydrogen) atoms. The predicted molar refractivity (Wildman–Crippen MR) is 99.1 cm³/mol. The lowest BCUT2D eigenvalue weighted by Crippen LogP contribution is -2.58. The van der Waals surface area contributed by atoms with Crippen molar-refractivity contribution in [2.24, 2.45) is 10.9 Å². The fourth-order valence-corrected chi connectivity index (χ4v) is 2.80. The molecule has 2 heterocycles. The Kier molecular flexibility index (Phi) is 6.09. The number of imide groups is 2. The van der Waals surface area contributed by atoms with Gasteiger partial charge in [0.05, 0.1) is 6.33 Å². The van der Waals surface area contributed by atoms with E-state index in [0.29, 0.717) is 13.0 Å². The van der Waals surface area contributed by atoms with Crippen molar-refractivity contribution in [3.63, 3.8) is 0 Å². The molecule has 1 atom stereocenters. The standard InChI is InChI=1S/C19H21N5O3/c25-17-16(13-20-8-4-10-23-12-9-21-14-23)18(26)24(19(27)22-17)11-7-15-5-2-1-3-6-15/h1-3,5-6,9,12-14,16H,4,7-8,10-11H2,(H,22,25,27)/t16-/m1/s1. The van der Waals surface area contributed by atoms with Crippen molar-refractivity contribution in [1.29, 1.82) is 0 Å². The van der Waals surface area contributed by atoms with Crippen LogP contribution in [0.4, 0.5) is 4.79 Å². The number of urea groups is 1. The second kappa shape index (κ2) is 8.88. The van der Waals surface area contributed by atoms with Gasteiger partial charge in [0.25, 0.3) is 0 Å². The van der Waals surface area contributed by atoms with Crippen LogP contribution in [-0.4, -0.2) is 51.6 Å². The first-order chi connectivity index (χ1) is 13.1. The fourth-order valence-electron chi connectivity index (χ4n) is 2.80. The molecule has 3 rings (SSSR count). The quantitative estimate of drug-likeness (QED) is 0.432. The summed E-state index contributed by atoms with van der Waals surface area (Å²) in [7, 11) is 0. The van der Waals surface area contributed by atoms with Gasteiger partial charge in [-0.3, -0.25) is 24.8 Å². The first-order valence-corrected chi connectivity index (χ1v) is 8.81. The topological polar surface area (TPSA) is 96.7 Å². The van der Waals surface area contributed by atoms with Crippen molar-refractivity contribution >= 4 is 24.1 Å². The number of imidazole rings is 1. The molecule has 1 fully saturated rings. The average molecular weight is 367 g/mol. The molecule has 1 aliphatic rings. The zero-order chi connectivity index (χ0) is 19.1. The van der Waals surface area contributed by atoms with Gasteiger partial charge in [-0.15, -0.1) is 0 Å². The van der Waals surface area contributed by atoms with E-state index in [-0.39, 0.29) is 6.54 Å². The summed E-state index contributed by atoms with van der Waals surface area (Å²) in [4.78, 5) is 45.8. The lowest BCUT2D eigenvalue weighted by Gasteiger charge is -2.28. The first kappa shape index (κ1) is 18.5. The molecule has 0 unspecified atom stereocenters. The summed E-state index contributed by atoms with van der Waals surface area (Å²) in [5, 5.41) is 2.23. The summed E-state index contributed by atoms with van der Waals surface area (Å²) < 4.78 is 1.93. The molecule has 0 spiro atoms. The van der Waals surface area contributed by atoms with Gasteiger partial charge in [0.15, 0.2) is 5.92 Å². The van der Waals surface area contributed by atoms with E-state index in [0.717, 1.165) is 23.4 Å². The van der Waals surface area contributed by atoms with Gasteiger partial charge in [-0.1, -0.05) is 30.3 Å². The summed E-state index contributed by atoms with van der Waals surface area (Å²) in [5.41, 5.74) is 1.01. The molecule has 4 amide bonds. The van der Waals surface area contributed by atoms with Crippen LogP contribution in [0.25, 0.3) is 0 Å². The Balaban J connectivity index is 1.54. The van der Waals surface area contributed by atoms with E-state index in [9.17, 15) is 14.4 Å². The van der Waals surface area contributed by atoms with Gasteiger partial charge < -0.3 is 4.57 Å². The van der Waals surface area contributed by atoms with Crippen molar-refractivity contribution in [2.45, 2.75) is 19.4 Å². The van der Waals surface area contributed by atoms with Crippen LogP contribution in [0, 0.1) is 5.92 Å². The lowest BCUT2D eigenvalue weighted by atomic mass is 10.1. The number of aliphatic imine (C=N–C) groups is 1. The molecular formula is C19H21N5O3. The zero-order valence-corrected chi connectivity index (χ0v) is 14.8. The number of nitrogens with zero attached hydrogens (tertiary/aromatic N) is 4. The monoisotopic (exact) mass is 367 g/mol.